The fourth-order valence-corrected chi connectivity index (χ4v) is 2.74. The molecule has 19 heavy (non-hydrogen) atoms. The van der Waals surface area contributed by atoms with Gasteiger partial charge in [0, 0.05) is 19.1 Å². The first-order chi connectivity index (χ1) is 9.31. The van der Waals surface area contributed by atoms with Crippen molar-refractivity contribution in [3.63, 3.8) is 0 Å². The molecule has 2 heterocycles. The molecule has 0 bridgehead atoms. The highest BCUT2D eigenvalue weighted by Gasteiger charge is 2.34. The zero-order chi connectivity index (χ0) is 13.2. The molecule has 1 aromatic heterocycles. The van der Waals surface area contributed by atoms with Gasteiger partial charge in [-0.2, -0.15) is 5.10 Å². The van der Waals surface area contributed by atoms with E-state index in [9.17, 15) is 4.79 Å². The summed E-state index contributed by atoms with van der Waals surface area (Å²) in [7, 11) is 0. The SMILES string of the molecule is CCn1c([C@@H]2OCC[C@H]2c2ccccc2)n[nH]c1=O. The van der Waals surface area contributed by atoms with Crippen molar-refractivity contribution in [3.05, 3.63) is 52.2 Å². The summed E-state index contributed by atoms with van der Waals surface area (Å²) in [5.74, 6) is 0.973. The topological polar surface area (TPSA) is 59.9 Å². The van der Waals surface area contributed by atoms with Gasteiger partial charge in [-0.1, -0.05) is 30.3 Å². The first-order valence-electron chi connectivity index (χ1n) is 6.63. The minimum Gasteiger partial charge on any atom is -0.370 e. The van der Waals surface area contributed by atoms with Gasteiger partial charge in [0.05, 0.1) is 0 Å². The largest absolute Gasteiger partial charge is 0.370 e. The number of nitrogens with one attached hydrogen (secondary N) is 1. The maximum atomic E-state index is 11.7. The molecule has 5 heteroatoms. The predicted octanol–water partition coefficient (Wildman–Crippen LogP) is 1.84. The fraction of sp³-hybridized carbons (Fsp3) is 0.429. The summed E-state index contributed by atoms with van der Waals surface area (Å²) in [4.78, 5) is 11.7. The van der Waals surface area contributed by atoms with E-state index in [2.05, 4.69) is 22.3 Å². The Labute approximate surface area is 111 Å². The number of nitrogens with zero attached hydrogens (tertiary/aromatic N) is 2. The molecule has 2 aromatic rings. The Bertz CT molecular complexity index is 603. The Morgan fingerprint density at radius 1 is 1.42 bits per heavy atom. The highest BCUT2D eigenvalue weighted by molar-refractivity contribution is 5.23. The third kappa shape index (κ3) is 2.10. The third-order valence-electron chi connectivity index (χ3n) is 3.68. The van der Waals surface area contributed by atoms with Crippen molar-refractivity contribution in [2.45, 2.75) is 31.9 Å². The Kier molecular flexibility index (Phi) is 3.21. The van der Waals surface area contributed by atoms with Gasteiger partial charge in [0.25, 0.3) is 0 Å². The van der Waals surface area contributed by atoms with Gasteiger partial charge < -0.3 is 4.74 Å². The molecule has 0 radical (unpaired) electrons. The van der Waals surface area contributed by atoms with Crippen LogP contribution >= 0.6 is 0 Å². The minimum absolute atomic E-state index is 0.138. The van der Waals surface area contributed by atoms with Gasteiger partial charge in [0.1, 0.15) is 6.10 Å². The van der Waals surface area contributed by atoms with Crippen molar-refractivity contribution in [1.82, 2.24) is 14.8 Å². The van der Waals surface area contributed by atoms with Crippen LogP contribution in [0.3, 0.4) is 0 Å². The van der Waals surface area contributed by atoms with Crippen molar-refractivity contribution in [2.75, 3.05) is 6.61 Å². The molecule has 1 saturated heterocycles. The third-order valence-corrected chi connectivity index (χ3v) is 3.68. The normalized spacial score (nSPS) is 22.8. The molecule has 0 spiro atoms. The smallest absolute Gasteiger partial charge is 0.343 e. The summed E-state index contributed by atoms with van der Waals surface area (Å²) in [5.41, 5.74) is 1.07. The lowest BCUT2D eigenvalue weighted by molar-refractivity contribution is 0.0937. The molecule has 0 unspecified atom stereocenters. The highest BCUT2D eigenvalue weighted by Crippen LogP contribution is 2.40. The van der Waals surface area contributed by atoms with Gasteiger partial charge in [-0.15, -0.1) is 0 Å². The van der Waals surface area contributed by atoms with E-state index in [4.69, 9.17) is 4.74 Å². The molecule has 1 N–H and O–H groups in total. The number of ether oxygens (including phenoxy) is 1. The number of benzene rings is 1. The standard InChI is InChI=1S/C14H17N3O2/c1-2-17-13(15-16-14(17)18)12-11(8-9-19-12)10-6-4-3-5-7-10/h3-7,11-12H,2,8-9H2,1H3,(H,16,18)/t11-,12+/m0/s1. The van der Waals surface area contributed by atoms with Crippen molar-refractivity contribution in [1.29, 1.82) is 0 Å². The number of aromatic nitrogens is 3. The van der Waals surface area contributed by atoms with Crippen LogP contribution in [-0.2, 0) is 11.3 Å². The van der Waals surface area contributed by atoms with Crippen LogP contribution in [-0.4, -0.2) is 21.4 Å². The highest BCUT2D eigenvalue weighted by atomic mass is 16.5. The van der Waals surface area contributed by atoms with Crippen LogP contribution in [0.2, 0.25) is 0 Å². The lowest BCUT2D eigenvalue weighted by atomic mass is 9.92. The summed E-state index contributed by atoms with van der Waals surface area (Å²) in [5, 5.41) is 6.66. The van der Waals surface area contributed by atoms with Gasteiger partial charge in [-0.05, 0) is 18.9 Å². The second kappa shape index (κ2) is 5.01. The van der Waals surface area contributed by atoms with E-state index in [-0.39, 0.29) is 17.7 Å². The van der Waals surface area contributed by atoms with Crippen molar-refractivity contribution < 1.29 is 4.74 Å². The molecule has 2 atom stereocenters. The monoisotopic (exact) mass is 259 g/mol. The van der Waals surface area contributed by atoms with Crippen molar-refractivity contribution >= 4 is 0 Å². The van der Waals surface area contributed by atoms with Crippen LogP contribution in [0.15, 0.2) is 35.1 Å². The lowest BCUT2D eigenvalue weighted by Gasteiger charge is -2.18. The summed E-state index contributed by atoms with van der Waals surface area (Å²) >= 11 is 0. The molecule has 1 aromatic carbocycles. The maximum absolute atomic E-state index is 11.7. The molecule has 0 amide bonds. The second-order valence-electron chi connectivity index (χ2n) is 4.73. The van der Waals surface area contributed by atoms with Gasteiger partial charge in [0.2, 0.25) is 0 Å². The summed E-state index contributed by atoms with van der Waals surface area (Å²) in [6.07, 6.45) is 0.820. The second-order valence-corrected chi connectivity index (χ2v) is 4.73. The first-order valence-corrected chi connectivity index (χ1v) is 6.63. The zero-order valence-electron chi connectivity index (χ0n) is 10.9. The van der Waals surface area contributed by atoms with E-state index < -0.39 is 0 Å². The Morgan fingerprint density at radius 2 is 2.21 bits per heavy atom. The van der Waals surface area contributed by atoms with Gasteiger partial charge in [-0.3, -0.25) is 4.57 Å². The van der Waals surface area contributed by atoms with E-state index in [1.165, 1.54) is 5.56 Å². The Morgan fingerprint density at radius 3 is 2.95 bits per heavy atom. The molecule has 3 rings (SSSR count). The summed E-state index contributed by atoms with van der Waals surface area (Å²) < 4.78 is 7.46. The first kappa shape index (κ1) is 12.2. The van der Waals surface area contributed by atoms with E-state index in [0.29, 0.717) is 19.0 Å². The molecule has 0 saturated carbocycles. The molecular weight excluding hydrogens is 242 g/mol. The molecular formula is C14H17N3O2. The molecule has 1 aliphatic rings. The van der Waals surface area contributed by atoms with E-state index in [0.717, 1.165) is 6.42 Å². The minimum atomic E-state index is -0.167. The number of aromatic amines is 1. The Balaban J connectivity index is 1.98. The molecule has 1 fully saturated rings. The molecule has 5 nitrogen and oxygen atoms in total. The quantitative estimate of drug-likeness (QED) is 0.915. The average Bonchev–Trinajstić information content (AvgIpc) is 3.05. The van der Waals surface area contributed by atoms with Gasteiger partial charge in [0.15, 0.2) is 5.82 Å². The predicted molar refractivity (Wildman–Crippen MR) is 71.0 cm³/mol. The van der Waals surface area contributed by atoms with Gasteiger partial charge in [-0.25, -0.2) is 9.89 Å². The summed E-state index contributed by atoms with van der Waals surface area (Å²) in [6, 6.07) is 10.3. The fourth-order valence-electron chi connectivity index (χ4n) is 2.74. The van der Waals surface area contributed by atoms with Crippen LogP contribution < -0.4 is 5.69 Å². The number of H-pyrrole nitrogens is 1. The van der Waals surface area contributed by atoms with Crippen LogP contribution in [0.25, 0.3) is 0 Å². The molecule has 100 valence electrons. The van der Waals surface area contributed by atoms with Crippen molar-refractivity contribution in [3.8, 4) is 0 Å². The van der Waals surface area contributed by atoms with Crippen molar-refractivity contribution in [2.24, 2.45) is 0 Å². The number of rotatable bonds is 3. The zero-order valence-corrected chi connectivity index (χ0v) is 10.9. The van der Waals surface area contributed by atoms with E-state index in [1.807, 2.05) is 25.1 Å². The number of hydrogen-bond acceptors (Lipinski definition) is 3. The molecule has 1 aliphatic heterocycles. The van der Waals surface area contributed by atoms with E-state index in [1.54, 1.807) is 4.57 Å². The maximum Gasteiger partial charge on any atom is 0.343 e. The average molecular weight is 259 g/mol. The molecule has 0 aliphatic carbocycles. The van der Waals surface area contributed by atoms with Crippen LogP contribution in [0, 0.1) is 0 Å². The summed E-state index contributed by atoms with van der Waals surface area (Å²) in [6.45, 7) is 3.24. The lowest BCUT2D eigenvalue weighted by Crippen LogP contribution is -2.20. The van der Waals surface area contributed by atoms with Gasteiger partial charge >= 0.3 is 5.69 Å². The van der Waals surface area contributed by atoms with Crippen LogP contribution in [0.1, 0.15) is 36.8 Å². The van der Waals surface area contributed by atoms with E-state index >= 15 is 0 Å². The number of hydrogen-bond donors (Lipinski definition) is 1. The Hall–Kier alpha value is -1.88. The van der Waals surface area contributed by atoms with Crippen LogP contribution in [0.4, 0.5) is 0 Å². The van der Waals surface area contributed by atoms with Crippen LogP contribution in [0.5, 0.6) is 0 Å².